The van der Waals surface area contributed by atoms with Crippen LogP contribution in [0.25, 0.3) is 0 Å². The van der Waals surface area contributed by atoms with Crippen LogP contribution in [0.3, 0.4) is 0 Å². The minimum atomic E-state index is -0.241. The van der Waals surface area contributed by atoms with E-state index in [9.17, 15) is 9.50 Å². The lowest BCUT2D eigenvalue weighted by Gasteiger charge is -2.22. The van der Waals surface area contributed by atoms with E-state index < -0.39 is 0 Å². The highest BCUT2D eigenvalue weighted by atomic mass is 79.9. The minimum absolute atomic E-state index is 0.00879. The normalized spacial score (nSPS) is 13.9. The van der Waals surface area contributed by atoms with Crippen LogP contribution < -0.4 is 5.32 Å². The molecule has 2 aromatic carbocycles. The van der Waals surface area contributed by atoms with Gasteiger partial charge < -0.3 is 10.4 Å². The molecule has 4 heteroatoms. The number of hydrogen-bond donors (Lipinski definition) is 2. The molecule has 0 aliphatic carbocycles. The van der Waals surface area contributed by atoms with Crippen molar-refractivity contribution < 1.29 is 9.50 Å². The Morgan fingerprint density at radius 2 is 1.90 bits per heavy atom. The van der Waals surface area contributed by atoms with Crippen molar-refractivity contribution in [3.63, 3.8) is 0 Å². The minimum Gasteiger partial charge on any atom is -0.395 e. The van der Waals surface area contributed by atoms with E-state index in [2.05, 4.69) is 21.2 Å². The molecule has 0 saturated carbocycles. The Hall–Kier alpha value is -1.23. The summed E-state index contributed by atoms with van der Waals surface area (Å²) in [6.07, 6.45) is 0.706. The predicted molar refractivity (Wildman–Crippen MR) is 86.7 cm³/mol. The largest absolute Gasteiger partial charge is 0.395 e. The van der Waals surface area contributed by atoms with E-state index >= 15 is 0 Å². The lowest BCUT2D eigenvalue weighted by atomic mass is 10.0. The van der Waals surface area contributed by atoms with Crippen LogP contribution in [0.15, 0.2) is 53.0 Å². The Morgan fingerprint density at radius 1 is 1.19 bits per heavy atom. The van der Waals surface area contributed by atoms with Gasteiger partial charge >= 0.3 is 0 Å². The average Bonchev–Trinajstić information content (AvgIpc) is 2.50. The van der Waals surface area contributed by atoms with Crippen LogP contribution in [-0.2, 0) is 6.42 Å². The predicted octanol–water partition coefficient (Wildman–Crippen LogP) is 3.84. The summed E-state index contributed by atoms with van der Waals surface area (Å²) in [5.74, 6) is -0.241. The number of benzene rings is 2. The number of hydrogen-bond acceptors (Lipinski definition) is 2. The van der Waals surface area contributed by atoms with Gasteiger partial charge in [0.2, 0.25) is 0 Å². The van der Waals surface area contributed by atoms with Gasteiger partial charge in [-0.3, -0.25) is 0 Å². The van der Waals surface area contributed by atoms with Crippen LogP contribution in [0, 0.1) is 5.82 Å². The van der Waals surface area contributed by atoms with Crippen molar-refractivity contribution in [1.29, 1.82) is 0 Å². The molecule has 0 amide bonds. The highest BCUT2D eigenvalue weighted by molar-refractivity contribution is 9.10. The Bertz CT molecular complexity index is 576. The molecule has 0 aliphatic heterocycles. The summed E-state index contributed by atoms with van der Waals surface area (Å²) in [7, 11) is 0. The van der Waals surface area contributed by atoms with Gasteiger partial charge in [0.05, 0.1) is 6.61 Å². The molecule has 0 aromatic heterocycles. The topological polar surface area (TPSA) is 32.3 Å². The van der Waals surface area contributed by atoms with Crippen molar-refractivity contribution in [2.24, 2.45) is 0 Å². The molecule has 1 unspecified atom stereocenters. The van der Waals surface area contributed by atoms with E-state index in [1.54, 1.807) is 12.1 Å². The lowest BCUT2D eigenvalue weighted by molar-refractivity contribution is 0.232. The lowest BCUT2D eigenvalue weighted by Crippen LogP contribution is -2.36. The summed E-state index contributed by atoms with van der Waals surface area (Å²) in [6.45, 7) is 1.91. The molecule has 2 rings (SSSR count). The number of rotatable bonds is 6. The Morgan fingerprint density at radius 3 is 2.57 bits per heavy atom. The number of aliphatic hydroxyl groups excluding tert-OH is 1. The molecule has 2 aromatic rings. The van der Waals surface area contributed by atoms with Crippen LogP contribution in [0.1, 0.15) is 24.1 Å². The van der Waals surface area contributed by atoms with Crippen LogP contribution in [0.4, 0.5) is 4.39 Å². The van der Waals surface area contributed by atoms with Crippen molar-refractivity contribution >= 4 is 15.9 Å². The zero-order valence-corrected chi connectivity index (χ0v) is 13.5. The van der Waals surface area contributed by atoms with E-state index in [1.165, 1.54) is 6.07 Å². The quantitative estimate of drug-likeness (QED) is 0.828. The summed E-state index contributed by atoms with van der Waals surface area (Å²) in [4.78, 5) is 0. The first-order valence-electron chi connectivity index (χ1n) is 6.96. The summed E-state index contributed by atoms with van der Waals surface area (Å²) in [6, 6.07) is 14.6. The van der Waals surface area contributed by atoms with E-state index in [0.717, 1.165) is 10.0 Å². The number of halogens is 2. The van der Waals surface area contributed by atoms with Gasteiger partial charge in [0.1, 0.15) is 5.82 Å². The van der Waals surface area contributed by atoms with Gasteiger partial charge in [-0.15, -0.1) is 0 Å². The molecule has 21 heavy (non-hydrogen) atoms. The zero-order chi connectivity index (χ0) is 15.2. The summed E-state index contributed by atoms with van der Waals surface area (Å²) in [5.41, 5.74) is 1.74. The first kappa shape index (κ1) is 16.1. The van der Waals surface area contributed by atoms with Crippen LogP contribution >= 0.6 is 15.9 Å². The van der Waals surface area contributed by atoms with Crippen molar-refractivity contribution in [1.82, 2.24) is 5.32 Å². The number of aliphatic hydroxyl groups is 1. The first-order valence-corrected chi connectivity index (χ1v) is 7.75. The fraction of sp³-hybridized carbons (Fsp3) is 0.294. The van der Waals surface area contributed by atoms with E-state index in [0.29, 0.717) is 12.0 Å². The standard InChI is InChI=1S/C17H19BrFNO/c1-12(16-10-14(18)7-8-17(16)19)20-15(11-21)9-13-5-3-2-4-6-13/h2-8,10,12,15,20-21H,9,11H2,1H3/t12?,15-/m1/s1. The molecule has 2 atom stereocenters. The second-order valence-corrected chi connectivity index (χ2v) is 6.04. The monoisotopic (exact) mass is 351 g/mol. The fourth-order valence-corrected chi connectivity index (χ4v) is 2.74. The first-order chi connectivity index (χ1) is 10.1. The Kier molecular flexibility index (Phi) is 5.91. The Labute approximate surface area is 133 Å². The van der Waals surface area contributed by atoms with Gasteiger partial charge in [0, 0.05) is 22.1 Å². The third-order valence-corrected chi connectivity index (χ3v) is 3.95. The molecule has 2 nitrogen and oxygen atoms in total. The molecule has 0 spiro atoms. The Balaban J connectivity index is 2.05. The molecule has 0 radical (unpaired) electrons. The van der Waals surface area contributed by atoms with Crippen LogP contribution in [0.5, 0.6) is 0 Å². The van der Waals surface area contributed by atoms with Gasteiger partial charge in [-0.25, -0.2) is 4.39 Å². The second-order valence-electron chi connectivity index (χ2n) is 5.12. The fourth-order valence-electron chi connectivity index (χ4n) is 2.36. The maximum absolute atomic E-state index is 13.9. The van der Waals surface area contributed by atoms with Crippen molar-refractivity contribution in [2.45, 2.75) is 25.4 Å². The summed E-state index contributed by atoms with van der Waals surface area (Å²) < 4.78 is 14.7. The van der Waals surface area contributed by atoms with Crippen molar-refractivity contribution in [3.05, 3.63) is 69.9 Å². The smallest absolute Gasteiger partial charge is 0.128 e. The molecule has 0 aliphatic rings. The third-order valence-electron chi connectivity index (χ3n) is 3.46. The SMILES string of the molecule is CC(N[C@@H](CO)Cc1ccccc1)c1cc(Br)ccc1F. The van der Waals surface area contributed by atoms with E-state index in [1.807, 2.05) is 37.3 Å². The maximum atomic E-state index is 13.9. The van der Waals surface area contributed by atoms with E-state index in [4.69, 9.17) is 0 Å². The average molecular weight is 352 g/mol. The highest BCUT2D eigenvalue weighted by Gasteiger charge is 2.16. The molecule has 0 fully saturated rings. The van der Waals surface area contributed by atoms with E-state index in [-0.39, 0.29) is 24.5 Å². The third kappa shape index (κ3) is 4.63. The zero-order valence-electron chi connectivity index (χ0n) is 11.9. The van der Waals surface area contributed by atoms with Gasteiger partial charge in [0.25, 0.3) is 0 Å². The molecule has 2 N–H and O–H groups in total. The van der Waals surface area contributed by atoms with Gasteiger partial charge in [-0.05, 0) is 37.1 Å². The summed E-state index contributed by atoms with van der Waals surface area (Å²) >= 11 is 3.36. The molecule has 112 valence electrons. The highest BCUT2D eigenvalue weighted by Crippen LogP contribution is 2.22. The van der Waals surface area contributed by atoms with Crippen molar-refractivity contribution in [3.8, 4) is 0 Å². The molecular weight excluding hydrogens is 333 g/mol. The van der Waals surface area contributed by atoms with Crippen molar-refractivity contribution in [2.75, 3.05) is 6.61 Å². The van der Waals surface area contributed by atoms with Crippen LogP contribution in [-0.4, -0.2) is 17.8 Å². The molecule has 0 saturated heterocycles. The number of nitrogens with one attached hydrogen (secondary N) is 1. The second kappa shape index (κ2) is 7.69. The van der Waals surface area contributed by atoms with Gasteiger partial charge in [-0.2, -0.15) is 0 Å². The van der Waals surface area contributed by atoms with Crippen LogP contribution in [0.2, 0.25) is 0 Å². The molecule has 0 heterocycles. The maximum Gasteiger partial charge on any atom is 0.128 e. The van der Waals surface area contributed by atoms with Gasteiger partial charge in [-0.1, -0.05) is 46.3 Å². The summed E-state index contributed by atoms with van der Waals surface area (Å²) in [5, 5.41) is 12.8. The molecule has 0 bridgehead atoms. The molecular formula is C17H19BrFNO. The van der Waals surface area contributed by atoms with Gasteiger partial charge in [0.15, 0.2) is 0 Å².